The van der Waals surface area contributed by atoms with Gasteiger partial charge < -0.3 is 24.1 Å². The maximum absolute atomic E-state index is 13.8. The molecule has 37 heavy (non-hydrogen) atoms. The predicted molar refractivity (Wildman–Crippen MR) is 138 cm³/mol. The Labute approximate surface area is 216 Å². The lowest BCUT2D eigenvalue weighted by Gasteiger charge is -2.38. The number of aromatic hydroxyl groups is 1. The maximum atomic E-state index is 13.8. The van der Waals surface area contributed by atoms with Crippen LogP contribution in [0.15, 0.2) is 58.7 Å². The first-order chi connectivity index (χ1) is 17.9. The second kappa shape index (κ2) is 11.6. The van der Waals surface area contributed by atoms with E-state index in [-0.39, 0.29) is 30.7 Å². The van der Waals surface area contributed by atoms with Gasteiger partial charge in [0.15, 0.2) is 11.5 Å². The van der Waals surface area contributed by atoms with Crippen molar-refractivity contribution in [1.29, 1.82) is 0 Å². The molecule has 1 saturated carbocycles. The minimum absolute atomic E-state index is 0.00485. The van der Waals surface area contributed by atoms with E-state index >= 15 is 0 Å². The molecular weight excluding hydrogens is 474 g/mol. The average molecular weight is 508 g/mol. The van der Waals surface area contributed by atoms with Crippen molar-refractivity contribution in [3.05, 3.63) is 64.9 Å². The lowest BCUT2D eigenvalue weighted by atomic mass is 9.66. The van der Waals surface area contributed by atoms with Gasteiger partial charge in [-0.1, -0.05) is 18.2 Å². The molecule has 0 radical (unpaired) electrons. The lowest BCUT2D eigenvalue weighted by Crippen LogP contribution is -2.41. The number of aliphatic imine (C=N–C) groups is 1. The molecule has 2 aliphatic rings. The van der Waals surface area contributed by atoms with E-state index in [1.807, 2.05) is 31.2 Å². The molecule has 1 heterocycles. The fraction of sp³-hybridized carbons (Fsp3) is 0.414. The van der Waals surface area contributed by atoms with E-state index in [2.05, 4.69) is 0 Å². The summed E-state index contributed by atoms with van der Waals surface area (Å²) >= 11 is 0. The third kappa shape index (κ3) is 5.54. The highest BCUT2D eigenvalue weighted by atomic mass is 16.6. The molecule has 0 saturated heterocycles. The van der Waals surface area contributed by atoms with Crippen LogP contribution in [-0.2, 0) is 19.1 Å². The number of allylic oxidation sites excluding steroid dienone is 1. The first-order valence-electron chi connectivity index (χ1n) is 12.4. The largest absolute Gasteiger partial charge is 0.504 e. The van der Waals surface area contributed by atoms with E-state index in [9.17, 15) is 14.7 Å². The average Bonchev–Trinajstić information content (AvgIpc) is 2.89. The van der Waals surface area contributed by atoms with E-state index in [1.165, 1.54) is 13.2 Å². The Morgan fingerprint density at radius 3 is 2.43 bits per heavy atom. The van der Waals surface area contributed by atoms with Crippen LogP contribution in [0.5, 0.6) is 17.2 Å². The Morgan fingerprint density at radius 1 is 1.03 bits per heavy atom. The summed E-state index contributed by atoms with van der Waals surface area (Å²) in [5, 5.41) is 10.3. The predicted octanol–water partition coefficient (Wildman–Crippen LogP) is 4.56. The summed E-state index contributed by atoms with van der Waals surface area (Å²) in [5.74, 6) is -0.700. The number of phenolic OH excluding ortho intramolecular Hbond substituents is 1. The summed E-state index contributed by atoms with van der Waals surface area (Å²) in [6, 6.07) is 12.7. The van der Waals surface area contributed by atoms with Crippen molar-refractivity contribution in [2.24, 2.45) is 10.9 Å². The van der Waals surface area contributed by atoms with E-state index in [4.69, 9.17) is 23.9 Å². The Kier molecular flexibility index (Phi) is 8.28. The molecule has 1 unspecified atom stereocenters. The Bertz CT molecular complexity index is 1220. The number of ketones is 1. The third-order valence-electron chi connectivity index (χ3n) is 6.92. The van der Waals surface area contributed by atoms with Crippen LogP contribution < -0.4 is 9.47 Å². The van der Waals surface area contributed by atoms with Crippen LogP contribution in [0.3, 0.4) is 0 Å². The van der Waals surface area contributed by atoms with Crippen LogP contribution in [0.4, 0.5) is 0 Å². The van der Waals surface area contributed by atoms with Gasteiger partial charge in [-0.15, -0.1) is 0 Å². The summed E-state index contributed by atoms with van der Waals surface area (Å²) in [5.41, 5.74) is 3.34. The van der Waals surface area contributed by atoms with E-state index in [1.54, 1.807) is 26.2 Å². The van der Waals surface area contributed by atoms with Crippen molar-refractivity contribution >= 4 is 17.5 Å². The number of ether oxygens (including phenoxy) is 4. The van der Waals surface area contributed by atoms with Gasteiger partial charge in [0.05, 0.1) is 31.8 Å². The molecule has 0 amide bonds. The SMILES string of the molecule is CCOc1cc([C@H]2C(C(=O)OCCOC)=C(C)N=C3C[C@H](c4ccc(OC)cc4)CC(=O)C32)ccc1O. The van der Waals surface area contributed by atoms with Gasteiger partial charge in [0.1, 0.15) is 18.1 Å². The van der Waals surface area contributed by atoms with Crippen molar-refractivity contribution < 1.29 is 33.6 Å². The van der Waals surface area contributed by atoms with Crippen molar-refractivity contribution in [3.63, 3.8) is 0 Å². The van der Waals surface area contributed by atoms with Crippen molar-refractivity contribution in [3.8, 4) is 17.2 Å². The zero-order valence-corrected chi connectivity index (χ0v) is 21.7. The number of esters is 1. The number of hydrogen-bond donors (Lipinski definition) is 1. The number of phenols is 1. The zero-order valence-electron chi connectivity index (χ0n) is 21.7. The van der Waals surface area contributed by atoms with Gasteiger partial charge >= 0.3 is 5.97 Å². The zero-order chi connectivity index (χ0) is 26.5. The van der Waals surface area contributed by atoms with Crippen molar-refractivity contribution in [2.45, 2.75) is 38.5 Å². The normalized spacial score (nSPS) is 21.2. The molecule has 2 aromatic carbocycles. The smallest absolute Gasteiger partial charge is 0.336 e. The van der Waals surface area contributed by atoms with Crippen LogP contribution in [-0.4, -0.2) is 56.6 Å². The summed E-state index contributed by atoms with van der Waals surface area (Å²) in [4.78, 5) is 31.8. The topological polar surface area (TPSA) is 104 Å². The van der Waals surface area contributed by atoms with Crippen LogP contribution in [0.25, 0.3) is 0 Å². The molecule has 3 atom stereocenters. The number of methoxy groups -OCH3 is 2. The van der Waals surface area contributed by atoms with Gasteiger partial charge in [-0.3, -0.25) is 9.79 Å². The van der Waals surface area contributed by atoms with Crippen molar-refractivity contribution in [1.82, 2.24) is 0 Å². The number of Topliss-reactive ketones (excluding diaryl/α,β-unsaturated/α-hetero) is 1. The molecule has 0 bridgehead atoms. The summed E-state index contributed by atoms with van der Waals surface area (Å²) < 4.78 is 21.4. The molecule has 0 aromatic heterocycles. The van der Waals surface area contributed by atoms with Crippen LogP contribution in [0, 0.1) is 5.92 Å². The number of rotatable bonds is 9. The van der Waals surface area contributed by atoms with E-state index in [0.29, 0.717) is 42.0 Å². The number of carbonyl (C=O) groups excluding carboxylic acids is 2. The molecule has 1 fully saturated rings. The fourth-order valence-electron chi connectivity index (χ4n) is 5.20. The standard InChI is InChI=1S/C29H33NO7/c1-5-36-25-16-19(8-11-23(25)31)27-26(29(33)37-13-12-34-3)17(2)30-22-14-20(15-24(32)28(22)27)18-6-9-21(35-4)10-7-18/h6-11,16,20,27-28,31H,5,12-15H2,1-4H3/t20-,27-,28?/m0/s1. The minimum Gasteiger partial charge on any atom is -0.504 e. The minimum atomic E-state index is -0.609. The highest BCUT2D eigenvalue weighted by molar-refractivity contribution is 6.12. The van der Waals surface area contributed by atoms with E-state index in [0.717, 1.165) is 17.0 Å². The lowest BCUT2D eigenvalue weighted by molar-refractivity contribution is -0.140. The molecule has 1 aliphatic carbocycles. The Balaban J connectivity index is 1.75. The molecular formula is C29H33NO7. The van der Waals surface area contributed by atoms with E-state index < -0.39 is 17.8 Å². The Morgan fingerprint density at radius 2 is 1.76 bits per heavy atom. The summed E-state index contributed by atoms with van der Waals surface area (Å²) in [7, 11) is 3.15. The van der Waals surface area contributed by atoms with Crippen LogP contribution in [0.2, 0.25) is 0 Å². The van der Waals surface area contributed by atoms with Gasteiger partial charge in [-0.2, -0.15) is 0 Å². The molecule has 1 aliphatic heterocycles. The molecule has 4 rings (SSSR count). The quantitative estimate of drug-likeness (QED) is 0.392. The second-order valence-corrected chi connectivity index (χ2v) is 9.19. The number of carbonyl (C=O) groups is 2. The maximum Gasteiger partial charge on any atom is 0.336 e. The molecule has 1 N–H and O–H groups in total. The highest BCUT2D eigenvalue weighted by Crippen LogP contribution is 2.47. The highest BCUT2D eigenvalue weighted by Gasteiger charge is 2.46. The first kappa shape index (κ1) is 26.4. The first-order valence-corrected chi connectivity index (χ1v) is 12.4. The monoisotopic (exact) mass is 507 g/mol. The van der Waals surface area contributed by atoms with Crippen molar-refractivity contribution in [2.75, 3.05) is 34.0 Å². The molecule has 8 nitrogen and oxygen atoms in total. The number of fused-ring (bicyclic) bond motifs is 1. The van der Waals surface area contributed by atoms with Gasteiger partial charge in [-0.25, -0.2) is 4.79 Å². The molecule has 2 aromatic rings. The molecule has 0 spiro atoms. The third-order valence-corrected chi connectivity index (χ3v) is 6.92. The molecule has 8 heteroatoms. The van der Waals surface area contributed by atoms with Gasteiger partial charge in [0.25, 0.3) is 0 Å². The number of nitrogens with zero attached hydrogens (tertiary/aromatic N) is 1. The summed E-state index contributed by atoms with van der Waals surface area (Å²) in [6.45, 7) is 4.31. The Hall–Kier alpha value is -3.65. The van der Waals surface area contributed by atoms with Gasteiger partial charge in [-0.05, 0) is 61.6 Å². The second-order valence-electron chi connectivity index (χ2n) is 9.19. The summed E-state index contributed by atoms with van der Waals surface area (Å²) in [6.07, 6.45) is 0.924. The number of benzene rings is 2. The molecule has 196 valence electrons. The van der Waals surface area contributed by atoms with Crippen LogP contribution in [0.1, 0.15) is 49.7 Å². The van der Waals surface area contributed by atoms with Gasteiger partial charge in [0, 0.05) is 30.9 Å². The number of hydrogen-bond acceptors (Lipinski definition) is 8. The fourth-order valence-corrected chi connectivity index (χ4v) is 5.20. The van der Waals surface area contributed by atoms with Gasteiger partial charge in [0.2, 0.25) is 0 Å². The van der Waals surface area contributed by atoms with Crippen LogP contribution >= 0.6 is 0 Å².